The molecule has 2 aromatic carbocycles. The van der Waals surface area contributed by atoms with Gasteiger partial charge in [-0.2, -0.15) is 0 Å². The van der Waals surface area contributed by atoms with Crippen molar-refractivity contribution in [2.75, 3.05) is 7.11 Å². The third kappa shape index (κ3) is 4.83. The topological polar surface area (TPSA) is 64.6 Å². The van der Waals surface area contributed by atoms with E-state index in [4.69, 9.17) is 4.74 Å². The van der Waals surface area contributed by atoms with E-state index in [2.05, 4.69) is 22.2 Å². The molecule has 1 fully saturated rings. The van der Waals surface area contributed by atoms with Crippen molar-refractivity contribution in [1.82, 2.24) is 5.32 Å². The molecule has 0 spiro atoms. The Hall–Kier alpha value is -2.82. The first-order chi connectivity index (χ1) is 12.2. The minimum absolute atomic E-state index is 0.258. The van der Waals surface area contributed by atoms with Gasteiger partial charge >= 0.3 is 12.1 Å². The molecule has 0 heterocycles. The fourth-order valence-electron chi connectivity index (χ4n) is 2.60. The first kappa shape index (κ1) is 17.0. The minimum atomic E-state index is -0.464. The molecule has 0 radical (unpaired) electrons. The predicted molar refractivity (Wildman–Crippen MR) is 93.2 cm³/mol. The number of carbonyl (C=O) groups excluding carboxylic acids is 2. The zero-order valence-electron chi connectivity index (χ0n) is 14.2. The fourth-order valence-corrected chi connectivity index (χ4v) is 2.60. The summed E-state index contributed by atoms with van der Waals surface area (Å²) in [7, 11) is 1.34. The van der Waals surface area contributed by atoms with E-state index in [1.165, 1.54) is 25.5 Å². The molecule has 0 aliphatic heterocycles. The van der Waals surface area contributed by atoms with Crippen LogP contribution in [0.3, 0.4) is 0 Å². The van der Waals surface area contributed by atoms with Gasteiger partial charge < -0.3 is 14.8 Å². The number of ether oxygens (including phenoxy) is 2. The summed E-state index contributed by atoms with van der Waals surface area (Å²) < 4.78 is 9.91. The summed E-state index contributed by atoms with van der Waals surface area (Å²) in [6, 6.07) is 15.1. The lowest BCUT2D eigenvalue weighted by Gasteiger charge is -2.08. The van der Waals surface area contributed by atoms with Crippen LogP contribution in [-0.2, 0) is 22.6 Å². The second-order valence-electron chi connectivity index (χ2n) is 6.14. The van der Waals surface area contributed by atoms with Crippen molar-refractivity contribution >= 4 is 12.1 Å². The average molecular weight is 339 g/mol. The van der Waals surface area contributed by atoms with Crippen LogP contribution in [0.15, 0.2) is 48.5 Å². The van der Waals surface area contributed by atoms with E-state index >= 15 is 0 Å². The Bertz CT molecular complexity index is 751. The molecule has 1 saturated carbocycles. The molecule has 0 saturated heterocycles. The van der Waals surface area contributed by atoms with Gasteiger partial charge in [0.1, 0.15) is 6.61 Å². The number of amides is 1. The van der Waals surface area contributed by atoms with Crippen molar-refractivity contribution in [3.05, 3.63) is 70.8 Å². The van der Waals surface area contributed by atoms with Gasteiger partial charge in [-0.3, -0.25) is 0 Å². The number of methoxy groups -OCH3 is 1. The van der Waals surface area contributed by atoms with E-state index in [9.17, 15) is 9.59 Å². The highest BCUT2D eigenvalue weighted by Gasteiger charge is 2.23. The Labute approximate surface area is 147 Å². The van der Waals surface area contributed by atoms with Crippen LogP contribution in [0.5, 0.6) is 0 Å². The van der Waals surface area contributed by atoms with Crippen LogP contribution in [0.4, 0.5) is 4.79 Å². The van der Waals surface area contributed by atoms with Gasteiger partial charge in [0.2, 0.25) is 0 Å². The monoisotopic (exact) mass is 339 g/mol. The van der Waals surface area contributed by atoms with Crippen molar-refractivity contribution < 1.29 is 19.1 Å². The molecular weight excluding hydrogens is 318 g/mol. The van der Waals surface area contributed by atoms with E-state index in [1.54, 1.807) is 24.3 Å². The molecule has 3 rings (SSSR count). The summed E-state index contributed by atoms with van der Waals surface area (Å²) >= 11 is 0. The van der Waals surface area contributed by atoms with Crippen molar-refractivity contribution in [3.63, 3.8) is 0 Å². The van der Waals surface area contributed by atoms with Crippen molar-refractivity contribution in [2.45, 2.75) is 31.9 Å². The van der Waals surface area contributed by atoms with Gasteiger partial charge in [0.15, 0.2) is 0 Å². The standard InChI is InChI=1S/C20H21NO4/c1-24-19(22)17-7-5-14(6-8-17)12-21-20(23)25-13-15-3-2-4-18(11-15)16-9-10-16/h2-8,11,16H,9-10,12-13H2,1H3,(H,21,23). The van der Waals surface area contributed by atoms with Gasteiger partial charge in [-0.1, -0.05) is 36.4 Å². The van der Waals surface area contributed by atoms with Crippen LogP contribution in [0.2, 0.25) is 0 Å². The van der Waals surface area contributed by atoms with E-state index in [0.717, 1.165) is 11.1 Å². The molecule has 0 unspecified atom stereocenters. The van der Waals surface area contributed by atoms with E-state index < -0.39 is 6.09 Å². The van der Waals surface area contributed by atoms with Crippen LogP contribution >= 0.6 is 0 Å². The molecule has 1 aliphatic carbocycles. The molecule has 0 aromatic heterocycles. The van der Waals surface area contributed by atoms with Crippen molar-refractivity contribution in [1.29, 1.82) is 0 Å². The third-order valence-electron chi connectivity index (χ3n) is 4.18. The minimum Gasteiger partial charge on any atom is -0.465 e. The quantitative estimate of drug-likeness (QED) is 0.814. The van der Waals surface area contributed by atoms with Crippen LogP contribution in [0, 0.1) is 0 Å². The zero-order chi connectivity index (χ0) is 17.6. The summed E-state index contributed by atoms with van der Waals surface area (Å²) in [6.07, 6.45) is 2.04. The number of carbonyl (C=O) groups is 2. The third-order valence-corrected chi connectivity index (χ3v) is 4.18. The Balaban J connectivity index is 1.45. The maximum Gasteiger partial charge on any atom is 0.407 e. The summed E-state index contributed by atoms with van der Waals surface area (Å²) in [5.41, 5.74) is 3.68. The number of benzene rings is 2. The molecule has 0 bridgehead atoms. The number of esters is 1. The van der Waals surface area contributed by atoms with Crippen molar-refractivity contribution in [3.8, 4) is 0 Å². The Morgan fingerprint density at radius 1 is 1.08 bits per heavy atom. The Morgan fingerprint density at radius 2 is 1.84 bits per heavy atom. The first-order valence-corrected chi connectivity index (χ1v) is 8.32. The lowest BCUT2D eigenvalue weighted by molar-refractivity contribution is 0.0600. The molecule has 5 nitrogen and oxygen atoms in total. The molecule has 5 heteroatoms. The van der Waals surface area contributed by atoms with Crippen LogP contribution in [0.1, 0.15) is 45.8 Å². The maximum absolute atomic E-state index is 11.8. The smallest absolute Gasteiger partial charge is 0.407 e. The van der Waals surface area contributed by atoms with E-state index in [0.29, 0.717) is 18.0 Å². The molecule has 130 valence electrons. The summed E-state index contributed by atoms with van der Waals surface area (Å²) in [6.45, 7) is 0.593. The Kier molecular flexibility index (Phi) is 5.33. The average Bonchev–Trinajstić information content (AvgIpc) is 3.50. The van der Waals surface area contributed by atoms with Gasteiger partial charge in [-0.25, -0.2) is 9.59 Å². The van der Waals surface area contributed by atoms with E-state index in [-0.39, 0.29) is 12.6 Å². The SMILES string of the molecule is COC(=O)c1ccc(CNC(=O)OCc2cccc(C3CC3)c2)cc1. The van der Waals surface area contributed by atoms with Gasteiger partial charge in [-0.15, -0.1) is 0 Å². The Morgan fingerprint density at radius 3 is 2.52 bits per heavy atom. The van der Waals surface area contributed by atoms with Crippen LogP contribution < -0.4 is 5.32 Å². The normalized spacial score (nSPS) is 13.2. The molecule has 2 aromatic rings. The lowest BCUT2D eigenvalue weighted by atomic mass is 10.1. The second-order valence-corrected chi connectivity index (χ2v) is 6.14. The van der Waals surface area contributed by atoms with Crippen LogP contribution in [0.25, 0.3) is 0 Å². The predicted octanol–water partition coefficient (Wildman–Crippen LogP) is 3.78. The van der Waals surface area contributed by atoms with Crippen LogP contribution in [-0.4, -0.2) is 19.2 Å². The highest BCUT2D eigenvalue weighted by Crippen LogP contribution is 2.40. The lowest BCUT2D eigenvalue weighted by Crippen LogP contribution is -2.23. The number of hydrogen-bond donors (Lipinski definition) is 1. The highest BCUT2D eigenvalue weighted by atomic mass is 16.5. The van der Waals surface area contributed by atoms with Gasteiger partial charge in [0.25, 0.3) is 0 Å². The molecule has 0 atom stereocenters. The summed E-state index contributed by atoms with van der Waals surface area (Å²) in [5.74, 6) is 0.300. The zero-order valence-corrected chi connectivity index (χ0v) is 14.2. The molecule has 1 amide bonds. The first-order valence-electron chi connectivity index (χ1n) is 8.32. The highest BCUT2D eigenvalue weighted by molar-refractivity contribution is 5.89. The fraction of sp³-hybridized carbons (Fsp3) is 0.300. The second kappa shape index (κ2) is 7.83. The van der Waals surface area contributed by atoms with Gasteiger partial charge in [0, 0.05) is 6.54 Å². The van der Waals surface area contributed by atoms with Gasteiger partial charge in [-0.05, 0) is 47.6 Å². The van der Waals surface area contributed by atoms with E-state index in [1.807, 2.05) is 12.1 Å². The number of rotatable bonds is 6. The number of hydrogen-bond acceptors (Lipinski definition) is 4. The number of alkyl carbamates (subject to hydrolysis) is 1. The molecule has 1 N–H and O–H groups in total. The molecule has 25 heavy (non-hydrogen) atoms. The van der Waals surface area contributed by atoms with Crippen molar-refractivity contribution in [2.24, 2.45) is 0 Å². The maximum atomic E-state index is 11.8. The molecule has 1 aliphatic rings. The number of nitrogens with one attached hydrogen (secondary N) is 1. The molecular formula is C20H21NO4. The summed E-state index contributed by atoms with van der Waals surface area (Å²) in [5, 5.41) is 2.70. The van der Waals surface area contributed by atoms with Gasteiger partial charge in [0.05, 0.1) is 12.7 Å². The largest absolute Gasteiger partial charge is 0.465 e. The summed E-state index contributed by atoms with van der Waals surface area (Å²) in [4.78, 5) is 23.2.